The van der Waals surface area contributed by atoms with E-state index in [4.69, 9.17) is 11.6 Å². The lowest BCUT2D eigenvalue weighted by Crippen LogP contribution is -2.17. The van der Waals surface area contributed by atoms with Gasteiger partial charge in [-0.1, -0.05) is 29.9 Å². The number of fused-ring (bicyclic) bond motifs is 1. The summed E-state index contributed by atoms with van der Waals surface area (Å²) in [6.45, 7) is 2.57. The van der Waals surface area contributed by atoms with Gasteiger partial charge in [0.2, 0.25) is 0 Å². The largest absolute Gasteiger partial charge is 0.316 e. The molecule has 3 aromatic rings. The molecule has 0 N–H and O–H groups in total. The summed E-state index contributed by atoms with van der Waals surface area (Å²) >= 11 is 7.27. The van der Waals surface area contributed by atoms with Crippen LogP contribution < -0.4 is 4.80 Å². The molecule has 144 valence electrons. The number of aryl methyl sites for hydroxylation is 1. The molecule has 2 aromatic carbocycles. The number of halogens is 1. The molecule has 0 atom stereocenters. The Kier molecular flexibility index (Phi) is 5.52. The van der Waals surface area contributed by atoms with Crippen LogP contribution in [0.2, 0.25) is 5.02 Å². The Balaban J connectivity index is 2.16. The van der Waals surface area contributed by atoms with E-state index in [1.54, 1.807) is 12.1 Å². The van der Waals surface area contributed by atoms with Crippen LogP contribution in [0.5, 0.6) is 0 Å². The Morgan fingerprint density at radius 2 is 1.79 bits per heavy atom. The van der Waals surface area contributed by atoms with Gasteiger partial charge in [-0.05, 0) is 24.6 Å². The summed E-state index contributed by atoms with van der Waals surface area (Å²) in [4.78, 5) is 37.5. The zero-order valence-corrected chi connectivity index (χ0v) is 16.1. The van der Waals surface area contributed by atoms with E-state index in [0.717, 1.165) is 34.8 Å². The highest BCUT2D eigenvalue weighted by atomic mass is 35.5. The van der Waals surface area contributed by atoms with Crippen LogP contribution in [0.15, 0.2) is 41.4 Å². The van der Waals surface area contributed by atoms with Gasteiger partial charge in [0.15, 0.2) is 4.80 Å². The van der Waals surface area contributed by atoms with E-state index in [1.807, 2.05) is 17.6 Å². The monoisotopic (exact) mass is 420 g/mol. The molecule has 0 spiro atoms. The molecule has 0 radical (unpaired) electrons. The molecule has 0 aliphatic rings. The van der Waals surface area contributed by atoms with Crippen molar-refractivity contribution >= 4 is 50.4 Å². The molecule has 28 heavy (non-hydrogen) atoms. The smallest absolute Gasteiger partial charge is 0.280 e. The van der Waals surface area contributed by atoms with Crippen LogP contribution in [-0.2, 0) is 6.54 Å². The molecule has 0 saturated carbocycles. The van der Waals surface area contributed by atoms with Crippen LogP contribution in [-0.4, -0.2) is 20.3 Å². The average molecular weight is 421 g/mol. The fraction of sp³-hybridized carbons (Fsp3) is 0.176. The molecule has 0 bridgehead atoms. The van der Waals surface area contributed by atoms with Crippen LogP contribution in [0.1, 0.15) is 23.7 Å². The second-order valence-corrected chi connectivity index (χ2v) is 7.26. The van der Waals surface area contributed by atoms with E-state index in [0.29, 0.717) is 16.4 Å². The van der Waals surface area contributed by atoms with Gasteiger partial charge < -0.3 is 4.57 Å². The number of benzene rings is 2. The van der Waals surface area contributed by atoms with Gasteiger partial charge >= 0.3 is 0 Å². The normalized spacial score (nSPS) is 11.7. The zero-order chi connectivity index (χ0) is 20.4. The van der Waals surface area contributed by atoms with Crippen LogP contribution in [0, 0.1) is 20.2 Å². The minimum Gasteiger partial charge on any atom is -0.316 e. The van der Waals surface area contributed by atoms with Crippen molar-refractivity contribution in [1.82, 2.24) is 4.57 Å². The van der Waals surface area contributed by atoms with E-state index in [1.165, 1.54) is 11.3 Å². The quantitative estimate of drug-likeness (QED) is 0.449. The lowest BCUT2D eigenvalue weighted by Gasteiger charge is -2.02. The zero-order valence-electron chi connectivity index (χ0n) is 14.5. The van der Waals surface area contributed by atoms with E-state index >= 15 is 0 Å². The molecule has 1 aromatic heterocycles. The predicted molar refractivity (Wildman–Crippen MR) is 105 cm³/mol. The lowest BCUT2D eigenvalue weighted by molar-refractivity contribution is -0.394. The first-order valence-corrected chi connectivity index (χ1v) is 9.31. The van der Waals surface area contributed by atoms with E-state index < -0.39 is 27.1 Å². The first-order chi connectivity index (χ1) is 13.3. The van der Waals surface area contributed by atoms with Gasteiger partial charge in [-0.25, -0.2) is 0 Å². The Bertz CT molecular complexity index is 1150. The number of non-ortho nitro benzene ring substituents is 2. The van der Waals surface area contributed by atoms with Gasteiger partial charge in [0.1, 0.15) is 0 Å². The third-order valence-electron chi connectivity index (χ3n) is 3.86. The summed E-state index contributed by atoms with van der Waals surface area (Å²) in [5.41, 5.74) is -0.457. The number of thiazole rings is 1. The van der Waals surface area contributed by atoms with Crippen molar-refractivity contribution in [3.8, 4) is 0 Å². The summed E-state index contributed by atoms with van der Waals surface area (Å²) in [5, 5.41) is 22.6. The van der Waals surface area contributed by atoms with Crippen molar-refractivity contribution in [2.75, 3.05) is 0 Å². The Morgan fingerprint density at radius 1 is 1.14 bits per heavy atom. The Hall–Kier alpha value is -3.11. The summed E-state index contributed by atoms with van der Waals surface area (Å²) in [5.74, 6) is -0.797. The van der Waals surface area contributed by atoms with E-state index in [9.17, 15) is 25.0 Å². The predicted octanol–water partition coefficient (Wildman–Crippen LogP) is 4.32. The minimum atomic E-state index is -0.797. The number of rotatable bonds is 5. The van der Waals surface area contributed by atoms with Gasteiger partial charge in [0.05, 0.1) is 31.7 Å². The highest BCUT2D eigenvalue weighted by molar-refractivity contribution is 7.16. The van der Waals surface area contributed by atoms with Crippen molar-refractivity contribution in [3.05, 3.63) is 72.0 Å². The summed E-state index contributed by atoms with van der Waals surface area (Å²) < 4.78 is 2.68. The minimum absolute atomic E-state index is 0.223. The first-order valence-electron chi connectivity index (χ1n) is 8.12. The standard InChI is InChI=1S/C17H13ClN4O5S/c1-2-5-20-14-4-3-11(18)8-15(14)28-17(20)19-16(23)10-6-12(21(24)25)9-13(7-10)22(26)27/h3-4,6-9H,2,5H2,1H3. The van der Waals surface area contributed by atoms with Crippen molar-refractivity contribution < 1.29 is 14.6 Å². The molecule has 0 unspecified atom stereocenters. The Morgan fingerprint density at radius 3 is 2.36 bits per heavy atom. The van der Waals surface area contributed by atoms with Gasteiger partial charge in [-0.3, -0.25) is 25.0 Å². The van der Waals surface area contributed by atoms with Crippen LogP contribution in [0.3, 0.4) is 0 Å². The number of aromatic nitrogens is 1. The van der Waals surface area contributed by atoms with E-state index in [-0.39, 0.29) is 5.56 Å². The highest BCUT2D eigenvalue weighted by Gasteiger charge is 2.20. The summed E-state index contributed by atoms with van der Waals surface area (Å²) in [6, 6.07) is 8.08. The second kappa shape index (κ2) is 7.87. The van der Waals surface area contributed by atoms with Gasteiger partial charge in [0, 0.05) is 23.7 Å². The molecule has 1 heterocycles. The molecular formula is C17H13ClN4O5S. The molecular weight excluding hydrogens is 408 g/mol. The van der Waals surface area contributed by atoms with Crippen LogP contribution in [0.25, 0.3) is 10.2 Å². The fourth-order valence-electron chi connectivity index (χ4n) is 2.65. The highest BCUT2D eigenvalue weighted by Crippen LogP contribution is 2.24. The Labute approximate surface area is 166 Å². The molecule has 9 nitrogen and oxygen atoms in total. The maximum Gasteiger partial charge on any atom is 0.280 e. The third kappa shape index (κ3) is 3.92. The molecule has 0 aliphatic carbocycles. The maximum atomic E-state index is 12.6. The van der Waals surface area contributed by atoms with E-state index in [2.05, 4.69) is 4.99 Å². The fourth-order valence-corrected chi connectivity index (χ4v) is 3.98. The number of nitro groups is 2. The topological polar surface area (TPSA) is 121 Å². The van der Waals surface area contributed by atoms with Crippen LogP contribution >= 0.6 is 22.9 Å². The number of amides is 1. The van der Waals surface area contributed by atoms with Crippen LogP contribution in [0.4, 0.5) is 11.4 Å². The molecule has 1 amide bonds. The van der Waals surface area contributed by atoms with Gasteiger partial charge in [-0.2, -0.15) is 4.99 Å². The van der Waals surface area contributed by atoms with Crippen molar-refractivity contribution in [2.24, 2.45) is 4.99 Å². The van der Waals surface area contributed by atoms with Crippen molar-refractivity contribution in [3.63, 3.8) is 0 Å². The van der Waals surface area contributed by atoms with Crippen molar-refractivity contribution in [2.45, 2.75) is 19.9 Å². The lowest BCUT2D eigenvalue weighted by atomic mass is 10.1. The van der Waals surface area contributed by atoms with Gasteiger partial charge in [-0.15, -0.1) is 0 Å². The number of hydrogen-bond donors (Lipinski definition) is 0. The number of carbonyl (C=O) groups is 1. The number of nitrogens with zero attached hydrogens (tertiary/aromatic N) is 4. The molecule has 0 aliphatic heterocycles. The number of carbonyl (C=O) groups excluding carboxylic acids is 1. The maximum absolute atomic E-state index is 12.6. The summed E-state index contributed by atoms with van der Waals surface area (Å²) in [6.07, 6.45) is 0.790. The first kappa shape index (κ1) is 19.6. The molecule has 0 saturated heterocycles. The third-order valence-corrected chi connectivity index (χ3v) is 5.14. The summed E-state index contributed by atoms with van der Waals surface area (Å²) in [7, 11) is 0. The molecule has 11 heteroatoms. The number of hydrogen-bond acceptors (Lipinski definition) is 6. The van der Waals surface area contributed by atoms with Crippen molar-refractivity contribution in [1.29, 1.82) is 0 Å². The average Bonchev–Trinajstić information content (AvgIpc) is 2.97. The SMILES string of the molecule is CCCn1c(=NC(=O)c2cc([N+](=O)[O-])cc([N+](=O)[O-])c2)sc2cc(Cl)ccc21. The van der Waals surface area contributed by atoms with Gasteiger partial charge in [0.25, 0.3) is 17.3 Å². The molecule has 0 fully saturated rings. The molecule has 3 rings (SSSR count). The number of nitro benzene ring substituents is 2. The second-order valence-electron chi connectivity index (χ2n) is 5.82.